The van der Waals surface area contributed by atoms with Gasteiger partial charge in [0.25, 0.3) is 0 Å². The molecule has 0 amide bonds. The van der Waals surface area contributed by atoms with Crippen molar-refractivity contribution in [2.45, 2.75) is 160 Å². The van der Waals surface area contributed by atoms with Crippen LogP contribution in [0.4, 0.5) is 23.2 Å². The van der Waals surface area contributed by atoms with E-state index in [2.05, 4.69) is 172 Å². The van der Waals surface area contributed by atoms with Crippen LogP contribution in [0.25, 0.3) is 5.57 Å². The van der Waals surface area contributed by atoms with Gasteiger partial charge in [0, 0.05) is 46.8 Å². The second kappa shape index (κ2) is 22.8. The molecule has 3 nitrogen and oxygen atoms in total. The van der Waals surface area contributed by atoms with E-state index >= 15 is 17.6 Å². The van der Waals surface area contributed by atoms with Crippen molar-refractivity contribution in [1.29, 1.82) is 0 Å². The quantitative estimate of drug-likeness (QED) is 0.153. The molecule has 0 bridgehead atoms. The topological polar surface area (TPSA) is 15.7 Å². The molecule has 7 heteroatoms. The van der Waals surface area contributed by atoms with Crippen LogP contribution in [-0.2, 0) is 10.2 Å². The van der Waals surface area contributed by atoms with Crippen LogP contribution in [0, 0.1) is 40.9 Å². The van der Waals surface area contributed by atoms with Gasteiger partial charge in [-0.15, -0.1) is 6.58 Å². The first-order valence-electron chi connectivity index (χ1n) is 33.6. The van der Waals surface area contributed by atoms with Gasteiger partial charge in [-0.2, -0.15) is 0 Å². The summed E-state index contributed by atoms with van der Waals surface area (Å²) in [6, 6.07) is 5.59. The molecule has 0 radical (unpaired) electrons. The van der Waals surface area contributed by atoms with E-state index in [1.54, 1.807) is 12.2 Å². The number of benzene rings is 1. The van der Waals surface area contributed by atoms with Gasteiger partial charge in [0.1, 0.15) is 35.9 Å². The number of ether oxygens (including phenoxy) is 1. The van der Waals surface area contributed by atoms with Crippen LogP contribution in [-0.4, -0.2) is 35.4 Å². The number of anilines is 1. The molecule has 14 aliphatic rings. The van der Waals surface area contributed by atoms with Crippen LogP contribution in [0.15, 0.2) is 273 Å². The van der Waals surface area contributed by atoms with Crippen molar-refractivity contribution in [3.63, 3.8) is 0 Å². The van der Waals surface area contributed by atoms with Crippen molar-refractivity contribution < 1.29 is 22.3 Å². The predicted octanol–water partition coefficient (Wildman–Crippen LogP) is 20.9. The fourth-order valence-corrected chi connectivity index (χ4v) is 18.6. The van der Waals surface area contributed by atoms with E-state index in [4.69, 9.17) is 4.74 Å². The van der Waals surface area contributed by atoms with Crippen molar-refractivity contribution in [3.8, 4) is 0 Å². The van der Waals surface area contributed by atoms with E-state index in [0.29, 0.717) is 42.2 Å². The van der Waals surface area contributed by atoms with Crippen LogP contribution >= 0.6 is 0 Å². The Balaban J connectivity index is 0.798. The first kappa shape index (κ1) is 58.0. The van der Waals surface area contributed by atoms with E-state index in [1.165, 1.54) is 78.5 Å². The van der Waals surface area contributed by atoms with E-state index in [1.807, 2.05) is 12.2 Å². The zero-order valence-corrected chi connectivity index (χ0v) is 52.3. The number of halogens is 4. The van der Waals surface area contributed by atoms with E-state index in [9.17, 15) is 0 Å². The summed E-state index contributed by atoms with van der Waals surface area (Å²) in [5, 5.41) is 0. The van der Waals surface area contributed by atoms with Gasteiger partial charge in [0.2, 0.25) is 0 Å². The monoisotopic (exact) mass is 1190 g/mol. The van der Waals surface area contributed by atoms with Crippen molar-refractivity contribution in [2.24, 2.45) is 40.9 Å². The molecule has 0 saturated heterocycles. The first-order valence-corrected chi connectivity index (χ1v) is 33.6. The Kier molecular flexibility index (Phi) is 14.9. The normalized spacial score (nSPS) is 34.9. The lowest BCUT2D eigenvalue weighted by Gasteiger charge is -2.48. The first-order chi connectivity index (χ1) is 43.3. The van der Waals surface area contributed by atoms with Crippen molar-refractivity contribution >= 4 is 11.3 Å². The number of fused-ring (bicyclic) bond motifs is 5. The maximum atomic E-state index is 17.0. The van der Waals surface area contributed by atoms with Gasteiger partial charge in [-0.3, -0.25) is 0 Å². The molecule has 456 valence electrons. The summed E-state index contributed by atoms with van der Waals surface area (Å²) in [7, 11) is 0. The molecule has 1 aromatic carbocycles. The summed E-state index contributed by atoms with van der Waals surface area (Å²) in [4.78, 5) is 4.27. The molecule has 0 N–H and O–H groups in total. The smallest absolute Gasteiger partial charge is 0.146 e. The summed E-state index contributed by atoms with van der Waals surface area (Å²) < 4.78 is 71.5. The number of allylic oxidation sites excluding steroid dienone is 33. The Morgan fingerprint density at radius 2 is 1.56 bits per heavy atom. The third-order valence-electron chi connectivity index (χ3n) is 22.7. The molecule has 1 heterocycles. The highest BCUT2D eigenvalue weighted by molar-refractivity contribution is 5.92. The third kappa shape index (κ3) is 9.37. The largest absolute Gasteiger partial charge is 0.489 e. The van der Waals surface area contributed by atoms with Gasteiger partial charge < -0.3 is 14.5 Å². The van der Waals surface area contributed by atoms with Gasteiger partial charge in [-0.05, 0) is 224 Å². The Morgan fingerprint density at radius 1 is 0.719 bits per heavy atom. The van der Waals surface area contributed by atoms with Crippen LogP contribution in [0.3, 0.4) is 0 Å². The standard InChI is InChI=1S/C82H84F4N2O/c1-7-53-21-25-55(26-22-53)81(71-41-49(3)17-19-51(71)5)69-15-11-9-13-63(69)65-35-31-59(45-73(65)81)87(77-39-29-57(83)43-75(77)85)61-33-37-67-68-38-34-62(48-80(68)89-79(67)47-61)88(78-40-30-58(84)44-76(78)86)60-32-36-66-64-14-10-12-16-70(64)82(74(66)46-60,56-27-23-54(8-2)24-28-56)72-42-50(4)18-20-52(72)6/h7-10,13-14,19,21,23,27-29,32-34,36-47,49-50,52,54-55,58,62,67,75,77,79H,1-2,11-12,15-18,20,22,24-26,30-31,35,48H2,3-6H3. The minimum absolute atomic E-state index is 0.0750. The minimum atomic E-state index is -1.60. The predicted molar refractivity (Wildman–Crippen MR) is 356 cm³/mol. The number of hydrogen-bond donors (Lipinski definition) is 0. The SMILES string of the molecule is C=CC1=CCC(C2(C3=CC(C)CC=C3C)C3=C(CCC(N(C4=CC5OC6=C(C=CC(N(C7=CCC(F)C=C7F)c7ccc8c(c7)C(C7=CCC(C=C)C=C7)(C7=CC(C)CCC7C)C7=C8C=CCC7)C6)C5C=C4)C4C=CC(F)=CC4F)=C3)C3=C2CCC=C3)CC1. The summed E-state index contributed by atoms with van der Waals surface area (Å²) in [6.07, 6.45) is 60.7. The van der Waals surface area contributed by atoms with E-state index < -0.39 is 41.6 Å². The number of rotatable bonds is 12. The Hall–Kier alpha value is -7.38. The number of hydrogen-bond acceptors (Lipinski definition) is 3. The second-order valence-electron chi connectivity index (χ2n) is 27.9. The second-order valence-corrected chi connectivity index (χ2v) is 27.9. The average molecular weight is 1190 g/mol. The third-order valence-corrected chi connectivity index (χ3v) is 22.7. The molecule has 15 rings (SSSR count). The molecule has 0 saturated carbocycles. The highest BCUT2D eigenvalue weighted by Gasteiger charge is 2.56. The molecule has 0 aromatic heterocycles. The molecule has 0 fully saturated rings. The van der Waals surface area contributed by atoms with Crippen LogP contribution < -0.4 is 4.90 Å². The Bertz CT molecular complexity index is 3920. The highest BCUT2D eigenvalue weighted by atomic mass is 19.1. The minimum Gasteiger partial charge on any atom is -0.489 e. The molecule has 1 aliphatic heterocycles. The molecule has 0 spiro atoms. The summed E-state index contributed by atoms with van der Waals surface area (Å²) in [6.45, 7) is 17.8. The van der Waals surface area contributed by atoms with Crippen LogP contribution in [0.1, 0.15) is 135 Å². The highest BCUT2D eigenvalue weighted by Crippen LogP contribution is 2.67. The van der Waals surface area contributed by atoms with E-state index in [0.717, 1.165) is 118 Å². The van der Waals surface area contributed by atoms with Gasteiger partial charge in [0.15, 0.2) is 0 Å². The molecule has 1 aromatic rings. The van der Waals surface area contributed by atoms with Crippen LogP contribution in [0.5, 0.6) is 0 Å². The fourth-order valence-electron chi connectivity index (χ4n) is 18.6. The van der Waals surface area contributed by atoms with E-state index in [-0.39, 0.29) is 29.7 Å². The average Bonchev–Trinajstić information content (AvgIpc) is 1.57. The van der Waals surface area contributed by atoms with Crippen molar-refractivity contribution in [3.05, 3.63) is 284 Å². The van der Waals surface area contributed by atoms with Crippen molar-refractivity contribution in [1.82, 2.24) is 4.90 Å². The van der Waals surface area contributed by atoms with Gasteiger partial charge in [0.05, 0.1) is 23.2 Å². The summed E-state index contributed by atoms with van der Waals surface area (Å²) >= 11 is 0. The summed E-state index contributed by atoms with van der Waals surface area (Å²) in [5.74, 6) is 1.32. The number of nitrogens with zero attached hydrogens (tertiary/aromatic N) is 2. The lowest BCUT2D eigenvalue weighted by molar-refractivity contribution is 0.151. The van der Waals surface area contributed by atoms with Gasteiger partial charge >= 0.3 is 0 Å². The molecule has 13 unspecified atom stereocenters. The maximum absolute atomic E-state index is 17.0. The molecule has 13 aliphatic carbocycles. The number of alkyl halides is 2. The lowest BCUT2D eigenvalue weighted by Crippen LogP contribution is -2.42. The zero-order chi connectivity index (χ0) is 61.0. The molecular weight excluding hydrogens is 1100 g/mol. The Labute approximate surface area is 525 Å². The van der Waals surface area contributed by atoms with Gasteiger partial charge in [-0.1, -0.05) is 160 Å². The fraction of sp³-hybridized carbons (Fsp3) is 0.390. The molecule has 89 heavy (non-hydrogen) atoms. The van der Waals surface area contributed by atoms with Crippen molar-refractivity contribution in [2.75, 3.05) is 4.90 Å². The summed E-state index contributed by atoms with van der Waals surface area (Å²) in [5.41, 5.74) is 21.0. The maximum Gasteiger partial charge on any atom is 0.146 e. The van der Waals surface area contributed by atoms with Gasteiger partial charge in [-0.25, -0.2) is 17.6 Å². The molecule has 13 atom stereocenters. The lowest BCUT2D eigenvalue weighted by atomic mass is 9.55. The Morgan fingerprint density at radius 3 is 2.34 bits per heavy atom. The van der Waals surface area contributed by atoms with Crippen LogP contribution in [0.2, 0.25) is 0 Å². The zero-order valence-electron chi connectivity index (χ0n) is 52.3. The molecular formula is C82H84F4N2O.